The molecule has 1 unspecified atom stereocenters. The predicted octanol–water partition coefficient (Wildman–Crippen LogP) is 4.80. The molecule has 0 radical (unpaired) electrons. The summed E-state index contributed by atoms with van der Waals surface area (Å²) in [4.78, 5) is 10.5. The van der Waals surface area contributed by atoms with E-state index >= 15 is 0 Å². The predicted molar refractivity (Wildman–Crippen MR) is 91.4 cm³/mol. The molecule has 10 heteroatoms. The molecule has 4 nitrogen and oxygen atoms in total. The summed E-state index contributed by atoms with van der Waals surface area (Å²) in [7, 11) is -0.746. The van der Waals surface area contributed by atoms with Gasteiger partial charge in [-0.2, -0.15) is 13.2 Å². The lowest BCUT2D eigenvalue weighted by molar-refractivity contribution is -0.139. The quantitative estimate of drug-likeness (QED) is 0.511. The van der Waals surface area contributed by atoms with E-state index in [0.29, 0.717) is 6.07 Å². The maximum atomic E-state index is 14.4. The van der Waals surface area contributed by atoms with Crippen molar-refractivity contribution in [3.05, 3.63) is 46.7 Å². The summed E-state index contributed by atoms with van der Waals surface area (Å²) in [5, 5.41) is -0.287. The zero-order valence-electron chi connectivity index (χ0n) is 14.0. The van der Waals surface area contributed by atoms with Crippen LogP contribution in [0, 0.1) is 5.82 Å². The van der Waals surface area contributed by atoms with E-state index in [2.05, 4.69) is 4.74 Å². The molecule has 2 aromatic carbocycles. The second kappa shape index (κ2) is 8.26. The highest BCUT2D eigenvalue weighted by Gasteiger charge is 2.32. The molecule has 2 aromatic rings. The van der Waals surface area contributed by atoms with E-state index in [9.17, 15) is 26.6 Å². The molecule has 0 spiro atoms. The average molecular weight is 425 g/mol. The lowest BCUT2D eigenvalue weighted by atomic mass is 10.0. The van der Waals surface area contributed by atoms with E-state index in [-0.39, 0.29) is 26.8 Å². The number of carbonyl (C=O) groups is 1. The molecule has 27 heavy (non-hydrogen) atoms. The first-order chi connectivity index (χ1) is 12.5. The smallest absolute Gasteiger partial charge is 0.416 e. The number of hydrogen-bond donors (Lipinski definition) is 0. The molecule has 0 saturated carbocycles. The van der Waals surface area contributed by atoms with Crippen LogP contribution in [0.4, 0.5) is 17.6 Å². The number of esters is 1. The fraction of sp³-hybridized carbons (Fsp3) is 0.235. The van der Waals surface area contributed by atoms with Crippen LogP contribution >= 0.6 is 11.6 Å². The Labute approximate surface area is 159 Å². The van der Waals surface area contributed by atoms with Crippen molar-refractivity contribution in [2.45, 2.75) is 18.0 Å². The number of rotatable bonds is 5. The van der Waals surface area contributed by atoms with Crippen LogP contribution in [0.1, 0.15) is 12.5 Å². The van der Waals surface area contributed by atoms with Crippen LogP contribution < -0.4 is 4.74 Å². The van der Waals surface area contributed by atoms with Crippen molar-refractivity contribution in [3.63, 3.8) is 0 Å². The normalized spacial score (nSPS) is 12.6. The van der Waals surface area contributed by atoms with Crippen molar-refractivity contribution >= 4 is 28.4 Å². The van der Waals surface area contributed by atoms with Gasteiger partial charge in [-0.25, -0.2) is 4.39 Å². The molecule has 1 atom stereocenters. The third-order valence-electron chi connectivity index (χ3n) is 3.43. The van der Waals surface area contributed by atoms with E-state index in [1.54, 1.807) is 0 Å². The molecule has 0 saturated heterocycles. The molecule has 0 bridgehead atoms. The molecule has 0 fully saturated rings. The summed E-state index contributed by atoms with van der Waals surface area (Å²) < 4.78 is 75.1. The third kappa shape index (κ3) is 4.98. The van der Waals surface area contributed by atoms with Gasteiger partial charge in [-0.15, -0.1) is 0 Å². The van der Waals surface area contributed by atoms with Crippen LogP contribution in [0.2, 0.25) is 5.02 Å². The highest BCUT2D eigenvalue weighted by atomic mass is 35.5. The van der Waals surface area contributed by atoms with Gasteiger partial charge in [-0.3, -0.25) is 9.00 Å². The number of methoxy groups -OCH3 is 1. The van der Waals surface area contributed by atoms with Crippen molar-refractivity contribution < 1.29 is 36.0 Å². The van der Waals surface area contributed by atoms with Gasteiger partial charge in [0, 0.05) is 12.5 Å². The van der Waals surface area contributed by atoms with Gasteiger partial charge in [0.25, 0.3) is 0 Å². The first-order valence-corrected chi connectivity index (χ1v) is 9.00. The zero-order valence-corrected chi connectivity index (χ0v) is 15.6. The monoisotopic (exact) mass is 424 g/mol. The van der Waals surface area contributed by atoms with Crippen LogP contribution in [-0.2, 0) is 26.5 Å². The summed E-state index contributed by atoms with van der Waals surface area (Å²) in [6.45, 7) is 1.11. The zero-order chi connectivity index (χ0) is 20.4. The molecule has 0 aliphatic rings. The average Bonchev–Trinajstić information content (AvgIpc) is 2.58. The second-order valence-corrected chi connectivity index (χ2v) is 7.05. The topological polar surface area (TPSA) is 52.6 Å². The van der Waals surface area contributed by atoms with E-state index < -0.39 is 40.3 Å². The summed E-state index contributed by atoms with van der Waals surface area (Å²) in [5.74, 6) is -2.21. The first-order valence-electron chi connectivity index (χ1n) is 7.31. The molecule has 0 heterocycles. The van der Waals surface area contributed by atoms with Crippen molar-refractivity contribution in [2.24, 2.45) is 0 Å². The fourth-order valence-electron chi connectivity index (χ4n) is 2.23. The van der Waals surface area contributed by atoms with Gasteiger partial charge < -0.3 is 9.47 Å². The minimum Gasteiger partial charge on any atom is -0.495 e. The number of benzene rings is 2. The Balaban J connectivity index is 2.50. The Morgan fingerprint density at radius 2 is 1.89 bits per heavy atom. The molecule has 146 valence electrons. The molecular formula is C17H13ClF4O4S. The Kier molecular flexibility index (Phi) is 6.48. The van der Waals surface area contributed by atoms with Crippen LogP contribution in [-0.4, -0.2) is 23.2 Å². The highest BCUT2D eigenvalue weighted by Crippen LogP contribution is 2.42. The third-order valence-corrected chi connectivity index (χ3v) is 4.87. The number of hydrogen-bond acceptors (Lipinski definition) is 4. The molecular weight excluding hydrogens is 412 g/mol. The van der Waals surface area contributed by atoms with Crippen LogP contribution in [0.25, 0.3) is 11.1 Å². The van der Waals surface area contributed by atoms with Crippen molar-refractivity contribution in [1.29, 1.82) is 0 Å². The summed E-state index contributed by atoms with van der Waals surface area (Å²) in [6, 6.07) is 4.82. The minimum absolute atomic E-state index is 0.0468. The summed E-state index contributed by atoms with van der Waals surface area (Å²) >= 11 is 5.87. The molecule has 2 rings (SSSR count). The Bertz CT molecular complexity index is 899. The SMILES string of the molecule is COc1c(Cl)cc(C(F)(F)F)cc1-c1ccc(S(=O)COC(C)=O)c(F)c1. The number of halogens is 5. The fourth-order valence-corrected chi connectivity index (χ4v) is 3.42. The number of alkyl halides is 3. The number of carbonyl (C=O) groups excluding carboxylic acids is 1. The molecule has 0 aromatic heterocycles. The number of ether oxygens (including phenoxy) is 2. The van der Waals surface area contributed by atoms with Crippen molar-refractivity contribution in [3.8, 4) is 16.9 Å². The van der Waals surface area contributed by atoms with Crippen LogP contribution in [0.15, 0.2) is 35.2 Å². The Hall–Kier alpha value is -2.13. The largest absolute Gasteiger partial charge is 0.495 e. The molecule has 0 aliphatic carbocycles. The van der Waals surface area contributed by atoms with Crippen molar-refractivity contribution in [2.75, 3.05) is 13.0 Å². The van der Waals surface area contributed by atoms with E-state index in [1.807, 2.05) is 0 Å². The van der Waals surface area contributed by atoms with Gasteiger partial charge in [0.2, 0.25) is 0 Å². The van der Waals surface area contributed by atoms with Gasteiger partial charge >= 0.3 is 12.1 Å². The van der Waals surface area contributed by atoms with Gasteiger partial charge in [0.1, 0.15) is 11.6 Å². The van der Waals surface area contributed by atoms with Crippen LogP contribution in [0.3, 0.4) is 0 Å². The van der Waals surface area contributed by atoms with E-state index in [4.69, 9.17) is 16.3 Å². The maximum Gasteiger partial charge on any atom is 0.416 e. The molecule has 0 aliphatic heterocycles. The molecule has 0 N–H and O–H groups in total. The maximum absolute atomic E-state index is 14.4. The summed E-state index contributed by atoms with van der Waals surface area (Å²) in [6.07, 6.45) is -4.66. The van der Waals surface area contributed by atoms with Gasteiger partial charge in [-0.05, 0) is 29.8 Å². The van der Waals surface area contributed by atoms with Crippen LogP contribution in [0.5, 0.6) is 5.75 Å². The minimum atomic E-state index is -4.66. The Morgan fingerprint density at radius 3 is 2.41 bits per heavy atom. The van der Waals surface area contributed by atoms with Gasteiger partial charge in [-0.1, -0.05) is 17.7 Å². The van der Waals surface area contributed by atoms with E-state index in [1.165, 1.54) is 13.2 Å². The summed E-state index contributed by atoms with van der Waals surface area (Å²) in [5.41, 5.74) is -1.05. The van der Waals surface area contributed by atoms with E-state index in [0.717, 1.165) is 25.1 Å². The van der Waals surface area contributed by atoms with Crippen molar-refractivity contribution in [1.82, 2.24) is 0 Å². The lowest BCUT2D eigenvalue weighted by Crippen LogP contribution is -2.08. The first kappa shape index (κ1) is 21.2. The Morgan fingerprint density at radius 1 is 1.22 bits per heavy atom. The second-order valence-electron chi connectivity index (χ2n) is 5.28. The lowest BCUT2D eigenvalue weighted by Gasteiger charge is -2.15. The van der Waals surface area contributed by atoms with Gasteiger partial charge in [0.15, 0.2) is 5.94 Å². The highest BCUT2D eigenvalue weighted by molar-refractivity contribution is 7.84. The standard InChI is InChI=1S/C17H13ClF4O4S/c1-9(23)26-8-27(24)15-4-3-10(5-14(15)19)12-6-11(17(20,21)22)7-13(18)16(12)25-2/h3-7H,8H2,1-2H3. The van der Waals surface area contributed by atoms with Gasteiger partial charge in [0.05, 0.1) is 33.4 Å². The molecule has 0 amide bonds.